The lowest BCUT2D eigenvalue weighted by molar-refractivity contribution is -0.129. The maximum absolute atomic E-state index is 11.9. The van der Waals surface area contributed by atoms with Crippen LogP contribution in [0.15, 0.2) is 0 Å². The second-order valence-electron chi connectivity index (χ2n) is 5.89. The molecule has 16 heavy (non-hydrogen) atoms. The van der Waals surface area contributed by atoms with Gasteiger partial charge in [0, 0.05) is 23.9 Å². The molecule has 1 aliphatic carbocycles. The molecule has 0 spiro atoms. The Kier molecular flexibility index (Phi) is 2.57. The van der Waals surface area contributed by atoms with Gasteiger partial charge in [0.1, 0.15) is 0 Å². The largest absolute Gasteiger partial charge is 0.351 e. The number of nitrogens with one attached hydrogen (secondary N) is 1. The van der Waals surface area contributed by atoms with Crippen LogP contribution in [-0.2, 0) is 4.79 Å². The van der Waals surface area contributed by atoms with Crippen LogP contribution in [0.1, 0.15) is 33.6 Å². The van der Waals surface area contributed by atoms with Gasteiger partial charge in [0.05, 0.1) is 6.04 Å². The molecule has 1 amide bonds. The van der Waals surface area contributed by atoms with Crippen LogP contribution in [0.25, 0.3) is 0 Å². The van der Waals surface area contributed by atoms with E-state index >= 15 is 0 Å². The van der Waals surface area contributed by atoms with Crippen molar-refractivity contribution in [3.63, 3.8) is 0 Å². The Hall–Kier alpha value is -1.24. The third kappa shape index (κ3) is 1.75. The van der Waals surface area contributed by atoms with E-state index < -0.39 is 0 Å². The molecule has 1 N–H and O–H groups in total. The van der Waals surface area contributed by atoms with Gasteiger partial charge < -0.3 is 10.2 Å². The van der Waals surface area contributed by atoms with E-state index in [0.29, 0.717) is 18.5 Å². The molecule has 0 bridgehead atoms. The minimum atomic E-state index is -0.348. The molecule has 2 fully saturated rings. The summed E-state index contributed by atoms with van der Waals surface area (Å²) in [6.45, 7) is 6.43. The lowest BCUT2D eigenvalue weighted by atomic mass is 9.77. The number of carbonyl (C=O) groups excluding carboxylic acids is 1. The summed E-state index contributed by atoms with van der Waals surface area (Å²) in [5.41, 5.74) is -0.348. The van der Waals surface area contributed by atoms with E-state index in [0.717, 1.165) is 12.8 Å². The molecule has 0 aromatic heterocycles. The molecular formula is C12H19N3O. The van der Waals surface area contributed by atoms with Gasteiger partial charge in [-0.15, -0.1) is 0 Å². The van der Waals surface area contributed by atoms with E-state index in [1.165, 1.54) is 0 Å². The zero-order valence-corrected chi connectivity index (χ0v) is 10.2. The Morgan fingerprint density at radius 3 is 2.50 bits per heavy atom. The fourth-order valence-electron chi connectivity index (χ4n) is 2.50. The van der Waals surface area contributed by atoms with Crippen LogP contribution in [0.5, 0.6) is 0 Å². The highest BCUT2D eigenvalue weighted by molar-refractivity contribution is 5.81. The highest BCUT2D eigenvalue weighted by Crippen LogP contribution is 2.40. The zero-order chi connectivity index (χ0) is 11.9. The highest BCUT2D eigenvalue weighted by Gasteiger charge is 2.48. The summed E-state index contributed by atoms with van der Waals surface area (Å²) in [7, 11) is 0. The lowest BCUT2D eigenvalue weighted by Gasteiger charge is -2.35. The molecule has 2 rings (SSSR count). The second-order valence-corrected chi connectivity index (χ2v) is 5.89. The van der Waals surface area contributed by atoms with E-state index in [2.05, 4.69) is 11.5 Å². The molecule has 1 saturated carbocycles. The summed E-state index contributed by atoms with van der Waals surface area (Å²) >= 11 is 0. The fourth-order valence-corrected chi connectivity index (χ4v) is 2.50. The van der Waals surface area contributed by atoms with Gasteiger partial charge in [-0.05, 0) is 12.8 Å². The summed E-state index contributed by atoms with van der Waals surface area (Å²) in [6, 6.07) is 0.556. The minimum absolute atomic E-state index is 0.0861. The van der Waals surface area contributed by atoms with E-state index in [1.807, 2.05) is 25.7 Å². The third-order valence-electron chi connectivity index (χ3n) is 3.73. The van der Waals surface area contributed by atoms with E-state index in [4.69, 9.17) is 5.26 Å². The van der Waals surface area contributed by atoms with Gasteiger partial charge in [0.2, 0.25) is 5.91 Å². The first kappa shape index (κ1) is 11.3. The second kappa shape index (κ2) is 3.65. The van der Waals surface area contributed by atoms with Crippen LogP contribution in [0.3, 0.4) is 0 Å². The number of nitrogens with zero attached hydrogens (tertiary/aromatic N) is 2. The Balaban J connectivity index is 1.98. The van der Waals surface area contributed by atoms with Crippen molar-refractivity contribution in [1.82, 2.24) is 10.2 Å². The molecule has 4 nitrogen and oxygen atoms in total. The number of rotatable bonds is 1. The first-order valence-corrected chi connectivity index (χ1v) is 5.91. The average molecular weight is 221 g/mol. The Bertz CT molecular complexity index is 339. The molecular weight excluding hydrogens is 202 g/mol. The number of amides is 1. The van der Waals surface area contributed by atoms with Crippen molar-refractivity contribution in [3.05, 3.63) is 0 Å². The summed E-state index contributed by atoms with van der Waals surface area (Å²) in [4.78, 5) is 13.7. The van der Waals surface area contributed by atoms with Crippen molar-refractivity contribution in [3.8, 4) is 6.19 Å². The molecule has 1 aliphatic heterocycles. The fraction of sp³-hybridized carbons (Fsp3) is 0.833. The number of fused-ring (bicyclic) bond motifs is 1. The summed E-state index contributed by atoms with van der Waals surface area (Å²) in [6.07, 6.45) is 4.45. The summed E-state index contributed by atoms with van der Waals surface area (Å²) in [5.74, 6) is 0.578. The molecule has 4 heteroatoms. The smallest absolute Gasteiger partial charge is 0.225 e. The van der Waals surface area contributed by atoms with Crippen molar-refractivity contribution < 1.29 is 4.79 Å². The molecule has 0 aromatic rings. The van der Waals surface area contributed by atoms with Crippen molar-refractivity contribution >= 4 is 5.91 Å². The van der Waals surface area contributed by atoms with E-state index in [9.17, 15) is 4.79 Å². The monoisotopic (exact) mass is 221 g/mol. The Morgan fingerprint density at radius 1 is 1.44 bits per heavy atom. The van der Waals surface area contributed by atoms with Crippen LogP contribution in [-0.4, -0.2) is 29.4 Å². The van der Waals surface area contributed by atoms with Crippen molar-refractivity contribution in [1.29, 1.82) is 5.26 Å². The van der Waals surface area contributed by atoms with Crippen molar-refractivity contribution in [2.75, 3.05) is 6.54 Å². The number of carbonyl (C=O) groups is 1. The Labute approximate surface area is 96.6 Å². The number of nitriles is 1. The van der Waals surface area contributed by atoms with Crippen LogP contribution in [0.2, 0.25) is 0 Å². The quantitative estimate of drug-likeness (QED) is 0.674. The van der Waals surface area contributed by atoms with Crippen LogP contribution >= 0.6 is 0 Å². The molecule has 88 valence electrons. The van der Waals surface area contributed by atoms with E-state index in [-0.39, 0.29) is 17.4 Å². The first-order valence-electron chi connectivity index (χ1n) is 5.91. The molecule has 3 unspecified atom stereocenters. The van der Waals surface area contributed by atoms with Crippen LogP contribution in [0.4, 0.5) is 0 Å². The third-order valence-corrected chi connectivity index (χ3v) is 3.73. The van der Waals surface area contributed by atoms with Gasteiger partial charge in [-0.1, -0.05) is 20.8 Å². The number of likely N-dealkylation sites (tertiary alicyclic amines) is 1. The van der Waals surface area contributed by atoms with Crippen molar-refractivity contribution in [2.24, 2.45) is 11.3 Å². The standard InChI is InChI=1S/C12H19N3O/c1-12(2,3)11(16)14-9-6-15(7-13)10-5-4-8(9)10/h8-10H,4-6H2,1-3H3,(H,14,16). The summed E-state index contributed by atoms with van der Waals surface area (Å²) < 4.78 is 0. The SMILES string of the molecule is CC(C)(C)C(=O)NC1CN(C#N)C2CCC12. The van der Waals surface area contributed by atoms with Gasteiger partial charge in [-0.25, -0.2) is 0 Å². The number of hydrogen-bond acceptors (Lipinski definition) is 3. The minimum Gasteiger partial charge on any atom is -0.351 e. The molecule has 3 atom stereocenters. The number of hydrogen-bond donors (Lipinski definition) is 1. The average Bonchev–Trinajstić information content (AvgIpc) is 2.34. The molecule has 2 aliphatic rings. The normalized spacial score (nSPS) is 32.6. The maximum atomic E-state index is 11.9. The molecule has 1 heterocycles. The Morgan fingerprint density at radius 2 is 2.12 bits per heavy atom. The van der Waals surface area contributed by atoms with Crippen LogP contribution < -0.4 is 5.32 Å². The molecule has 1 saturated heterocycles. The predicted molar refractivity (Wildman–Crippen MR) is 60.2 cm³/mol. The molecule has 0 aromatic carbocycles. The van der Waals surface area contributed by atoms with Gasteiger partial charge in [0.15, 0.2) is 6.19 Å². The van der Waals surface area contributed by atoms with Crippen LogP contribution in [0, 0.1) is 22.8 Å². The summed E-state index contributed by atoms with van der Waals surface area (Å²) in [5, 5.41) is 12.0. The van der Waals surface area contributed by atoms with Gasteiger partial charge in [-0.2, -0.15) is 5.26 Å². The lowest BCUT2D eigenvalue weighted by Crippen LogP contribution is -2.48. The topological polar surface area (TPSA) is 56.1 Å². The van der Waals surface area contributed by atoms with Gasteiger partial charge >= 0.3 is 0 Å². The highest BCUT2D eigenvalue weighted by atomic mass is 16.2. The van der Waals surface area contributed by atoms with Gasteiger partial charge in [-0.3, -0.25) is 4.79 Å². The van der Waals surface area contributed by atoms with Gasteiger partial charge in [0.25, 0.3) is 0 Å². The predicted octanol–water partition coefficient (Wildman–Crippen LogP) is 1.09. The maximum Gasteiger partial charge on any atom is 0.225 e. The van der Waals surface area contributed by atoms with E-state index in [1.54, 1.807) is 0 Å². The van der Waals surface area contributed by atoms with Crippen molar-refractivity contribution in [2.45, 2.75) is 45.7 Å². The first-order chi connectivity index (χ1) is 7.43. The molecule has 0 radical (unpaired) electrons. The zero-order valence-electron chi connectivity index (χ0n) is 10.2.